The molecule has 80 valence electrons. The maximum absolute atomic E-state index is 4.43. The third kappa shape index (κ3) is 1.13. The Labute approximate surface area is 92.9 Å². The Balaban J connectivity index is 2.59. The molecule has 4 nitrogen and oxygen atoms in total. The molecule has 0 radical (unpaired) electrons. The van der Waals surface area contributed by atoms with Crippen LogP contribution in [0.3, 0.4) is 0 Å². The van der Waals surface area contributed by atoms with Gasteiger partial charge in [0.1, 0.15) is 11.3 Å². The molecule has 0 spiro atoms. The SMILES string of the molecule is Cc1ccc2c(c1)c1nnc(C)nc1n2C. The van der Waals surface area contributed by atoms with E-state index < -0.39 is 0 Å². The van der Waals surface area contributed by atoms with Gasteiger partial charge in [0, 0.05) is 12.4 Å². The van der Waals surface area contributed by atoms with E-state index in [2.05, 4.69) is 44.9 Å². The Morgan fingerprint density at radius 3 is 2.75 bits per heavy atom. The van der Waals surface area contributed by atoms with Crippen LogP contribution >= 0.6 is 0 Å². The molecule has 0 saturated heterocycles. The second-order valence-corrected chi connectivity index (χ2v) is 4.11. The van der Waals surface area contributed by atoms with Crippen LogP contribution in [0.25, 0.3) is 22.1 Å². The monoisotopic (exact) mass is 212 g/mol. The third-order valence-corrected chi connectivity index (χ3v) is 2.86. The number of hydrogen-bond donors (Lipinski definition) is 0. The number of fused-ring (bicyclic) bond motifs is 3. The average molecular weight is 212 g/mol. The molecule has 1 aromatic carbocycles. The van der Waals surface area contributed by atoms with Crippen LogP contribution in [0.1, 0.15) is 11.4 Å². The molecule has 0 amide bonds. The van der Waals surface area contributed by atoms with Crippen molar-refractivity contribution < 1.29 is 0 Å². The predicted octanol–water partition coefficient (Wildman–Crippen LogP) is 2.13. The molecule has 16 heavy (non-hydrogen) atoms. The van der Waals surface area contributed by atoms with Crippen molar-refractivity contribution in [3.05, 3.63) is 29.6 Å². The lowest BCUT2D eigenvalue weighted by atomic mass is 10.2. The Hall–Kier alpha value is -1.97. The molecule has 0 aliphatic rings. The van der Waals surface area contributed by atoms with Gasteiger partial charge >= 0.3 is 0 Å². The second-order valence-electron chi connectivity index (χ2n) is 4.11. The van der Waals surface area contributed by atoms with E-state index in [4.69, 9.17) is 0 Å². The summed E-state index contributed by atoms with van der Waals surface area (Å²) in [5.74, 6) is 0.704. The minimum Gasteiger partial charge on any atom is -0.327 e. The Morgan fingerprint density at radius 1 is 1.12 bits per heavy atom. The summed E-state index contributed by atoms with van der Waals surface area (Å²) in [4.78, 5) is 4.43. The van der Waals surface area contributed by atoms with E-state index in [9.17, 15) is 0 Å². The number of rotatable bonds is 0. The summed E-state index contributed by atoms with van der Waals surface area (Å²) in [6.45, 7) is 3.93. The van der Waals surface area contributed by atoms with Crippen LogP contribution in [0.15, 0.2) is 18.2 Å². The molecule has 2 aromatic heterocycles. The van der Waals surface area contributed by atoms with E-state index in [0.717, 1.165) is 22.1 Å². The molecule has 0 N–H and O–H groups in total. The summed E-state index contributed by atoms with van der Waals surface area (Å²) >= 11 is 0. The average Bonchev–Trinajstić information content (AvgIpc) is 2.52. The highest BCUT2D eigenvalue weighted by molar-refractivity contribution is 6.04. The van der Waals surface area contributed by atoms with Gasteiger partial charge in [-0.1, -0.05) is 11.6 Å². The van der Waals surface area contributed by atoms with E-state index in [0.29, 0.717) is 5.82 Å². The molecular weight excluding hydrogens is 200 g/mol. The summed E-state index contributed by atoms with van der Waals surface area (Å²) in [6, 6.07) is 6.33. The second kappa shape index (κ2) is 3.01. The standard InChI is InChI=1S/C12H12N4/c1-7-4-5-10-9(6-7)11-12(16(10)3)13-8(2)14-15-11/h4-6H,1-3H3. The van der Waals surface area contributed by atoms with Gasteiger partial charge in [-0.3, -0.25) is 0 Å². The predicted molar refractivity (Wildman–Crippen MR) is 63.3 cm³/mol. The minimum atomic E-state index is 0.704. The highest BCUT2D eigenvalue weighted by atomic mass is 15.2. The van der Waals surface area contributed by atoms with Crippen LogP contribution in [-0.2, 0) is 7.05 Å². The first-order valence-corrected chi connectivity index (χ1v) is 5.23. The molecule has 0 saturated carbocycles. The topological polar surface area (TPSA) is 43.6 Å². The Morgan fingerprint density at radius 2 is 1.94 bits per heavy atom. The minimum absolute atomic E-state index is 0.704. The van der Waals surface area contributed by atoms with Crippen LogP contribution in [0, 0.1) is 13.8 Å². The number of benzene rings is 1. The summed E-state index contributed by atoms with van der Waals surface area (Å²) in [7, 11) is 2.01. The quantitative estimate of drug-likeness (QED) is 0.573. The fourth-order valence-corrected chi connectivity index (χ4v) is 2.05. The molecule has 0 aliphatic carbocycles. The Kier molecular flexibility index (Phi) is 1.74. The number of aryl methyl sites for hydroxylation is 3. The first-order chi connectivity index (χ1) is 7.66. The van der Waals surface area contributed by atoms with Gasteiger partial charge in [-0.05, 0) is 26.0 Å². The van der Waals surface area contributed by atoms with Crippen molar-refractivity contribution in [2.75, 3.05) is 0 Å². The van der Waals surface area contributed by atoms with Gasteiger partial charge in [0.05, 0.1) is 5.52 Å². The number of hydrogen-bond acceptors (Lipinski definition) is 3. The van der Waals surface area contributed by atoms with Crippen molar-refractivity contribution in [2.24, 2.45) is 7.05 Å². The third-order valence-electron chi connectivity index (χ3n) is 2.86. The molecule has 3 aromatic rings. The first-order valence-electron chi connectivity index (χ1n) is 5.23. The lowest BCUT2D eigenvalue weighted by Gasteiger charge is -1.96. The van der Waals surface area contributed by atoms with Crippen molar-refractivity contribution in [2.45, 2.75) is 13.8 Å². The molecule has 0 unspecified atom stereocenters. The summed E-state index contributed by atoms with van der Waals surface area (Å²) < 4.78 is 2.06. The smallest absolute Gasteiger partial charge is 0.163 e. The van der Waals surface area contributed by atoms with E-state index in [1.165, 1.54) is 5.56 Å². The van der Waals surface area contributed by atoms with Crippen molar-refractivity contribution in [3.63, 3.8) is 0 Å². The zero-order chi connectivity index (χ0) is 11.3. The fourth-order valence-electron chi connectivity index (χ4n) is 2.05. The summed E-state index contributed by atoms with van der Waals surface area (Å²) in [5.41, 5.74) is 4.15. The lowest BCUT2D eigenvalue weighted by Crippen LogP contribution is -1.95. The fraction of sp³-hybridized carbons (Fsp3) is 0.250. The molecule has 0 atom stereocenters. The van der Waals surface area contributed by atoms with Gasteiger partial charge in [0.25, 0.3) is 0 Å². The van der Waals surface area contributed by atoms with Gasteiger partial charge in [-0.15, -0.1) is 10.2 Å². The van der Waals surface area contributed by atoms with Crippen LogP contribution < -0.4 is 0 Å². The van der Waals surface area contributed by atoms with Gasteiger partial charge in [-0.25, -0.2) is 4.98 Å². The number of aromatic nitrogens is 4. The van der Waals surface area contributed by atoms with Crippen LogP contribution in [0.2, 0.25) is 0 Å². The molecular formula is C12H12N4. The van der Waals surface area contributed by atoms with E-state index in [-0.39, 0.29) is 0 Å². The summed E-state index contributed by atoms with van der Waals surface area (Å²) in [5, 5.41) is 9.39. The van der Waals surface area contributed by atoms with Crippen LogP contribution in [-0.4, -0.2) is 19.7 Å². The maximum Gasteiger partial charge on any atom is 0.163 e. The normalized spacial score (nSPS) is 11.4. The van der Waals surface area contributed by atoms with Crippen molar-refractivity contribution >= 4 is 22.1 Å². The molecule has 0 bridgehead atoms. The molecule has 3 rings (SSSR count). The Bertz CT molecular complexity index is 697. The van der Waals surface area contributed by atoms with Gasteiger partial charge in [-0.2, -0.15) is 0 Å². The highest BCUT2D eigenvalue weighted by Gasteiger charge is 2.11. The molecule has 2 heterocycles. The lowest BCUT2D eigenvalue weighted by molar-refractivity contribution is 0.912. The van der Waals surface area contributed by atoms with Crippen LogP contribution in [0.5, 0.6) is 0 Å². The summed E-state index contributed by atoms with van der Waals surface area (Å²) in [6.07, 6.45) is 0. The van der Waals surface area contributed by atoms with Crippen molar-refractivity contribution in [3.8, 4) is 0 Å². The van der Waals surface area contributed by atoms with Gasteiger partial charge in [0.15, 0.2) is 5.65 Å². The van der Waals surface area contributed by atoms with Gasteiger partial charge < -0.3 is 4.57 Å². The van der Waals surface area contributed by atoms with E-state index in [1.807, 2.05) is 14.0 Å². The van der Waals surface area contributed by atoms with E-state index >= 15 is 0 Å². The maximum atomic E-state index is 4.43. The zero-order valence-corrected chi connectivity index (χ0v) is 9.52. The van der Waals surface area contributed by atoms with Gasteiger partial charge in [0.2, 0.25) is 0 Å². The van der Waals surface area contributed by atoms with Crippen molar-refractivity contribution in [1.82, 2.24) is 19.7 Å². The molecule has 0 fully saturated rings. The molecule has 4 heteroatoms. The van der Waals surface area contributed by atoms with Crippen molar-refractivity contribution in [1.29, 1.82) is 0 Å². The largest absolute Gasteiger partial charge is 0.327 e. The first kappa shape index (κ1) is 9.27. The number of nitrogens with zero attached hydrogens (tertiary/aromatic N) is 4. The highest BCUT2D eigenvalue weighted by Crippen LogP contribution is 2.25. The zero-order valence-electron chi connectivity index (χ0n) is 9.52. The van der Waals surface area contributed by atoms with Crippen LogP contribution in [0.4, 0.5) is 0 Å². The molecule has 0 aliphatic heterocycles. The van der Waals surface area contributed by atoms with E-state index in [1.54, 1.807) is 0 Å².